The van der Waals surface area contributed by atoms with Crippen LogP contribution in [-0.4, -0.2) is 65.0 Å². The van der Waals surface area contributed by atoms with Crippen LogP contribution in [0.25, 0.3) is 0 Å². The topological polar surface area (TPSA) is 118 Å². The highest BCUT2D eigenvalue weighted by molar-refractivity contribution is 6.41. The maximum Gasteiger partial charge on any atom is 0.287 e. The van der Waals surface area contributed by atoms with E-state index in [9.17, 15) is 22.4 Å². The molecule has 1 aromatic rings. The van der Waals surface area contributed by atoms with Crippen LogP contribution < -0.4 is 10.6 Å². The summed E-state index contributed by atoms with van der Waals surface area (Å²) in [5, 5.41) is 14.1. The van der Waals surface area contributed by atoms with E-state index in [1.165, 1.54) is 25.3 Å². The second kappa shape index (κ2) is 17.0. The van der Waals surface area contributed by atoms with Gasteiger partial charge in [-0.3, -0.25) is 9.79 Å². The summed E-state index contributed by atoms with van der Waals surface area (Å²) in [4.78, 5) is 26.3. The molecule has 2 aliphatic heterocycles. The SMILES string of the molecule is C=CC1=CCN=C1C(C)(F)F.CNC(c1cnc(/N=C(\C(C)=N)C2CCCCC2)[nH]1)C1CCC(F)(F)CC1.O=C1CCCCN1. The molecule has 8 nitrogen and oxygen atoms in total. The second-order valence-electron chi connectivity index (χ2n) is 12.3. The van der Waals surface area contributed by atoms with Gasteiger partial charge in [0.05, 0.1) is 35.9 Å². The molecule has 0 bridgehead atoms. The predicted octanol–water partition coefficient (Wildman–Crippen LogP) is 7.68. The van der Waals surface area contributed by atoms with Gasteiger partial charge in [-0.2, -0.15) is 8.78 Å². The number of hydrogen-bond acceptors (Lipinski definition) is 6. The lowest BCUT2D eigenvalue weighted by molar-refractivity contribution is -0.122. The third-order valence-corrected chi connectivity index (χ3v) is 8.69. The number of carbonyl (C=O) groups is 1. The molecule has 2 saturated carbocycles. The van der Waals surface area contributed by atoms with Crippen molar-refractivity contribution < 1.29 is 22.4 Å². The van der Waals surface area contributed by atoms with Gasteiger partial charge in [0.25, 0.3) is 5.92 Å². The van der Waals surface area contributed by atoms with E-state index in [0.717, 1.165) is 57.0 Å². The Bertz CT molecular complexity index is 1220. The number of imidazole rings is 1. The number of aromatic amines is 1. The van der Waals surface area contributed by atoms with Crippen LogP contribution in [0.1, 0.15) is 103 Å². The van der Waals surface area contributed by atoms with Crippen molar-refractivity contribution in [2.24, 2.45) is 21.8 Å². The number of halogens is 4. The smallest absolute Gasteiger partial charge is 0.287 e. The number of nitrogens with one attached hydrogen (secondary N) is 4. The number of H-pyrrole nitrogens is 1. The Morgan fingerprint density at radius 1 is 1.18 bits per heavy atom. The quantitative estimate of drug-likeness (QED) is 0.173. The summed E-state index contributed by atoms with van der Waals surface area (Å²) >= 11 is 0. The largest absolute Gasteiger partial charge is 0.356 e. The minimum absolute atomic E-state index is 0.0308. The van der Waals surface area contributed by atoms with E-state index in [-0.39, 0.29) is 36.4 Å². The molecule has 1 unspecified atom stereocenters. The summed E-state index contributed by atoms with van der Waals surface area (Å²) < 4.78 is 52.2. The maximum absolute atomic E-state index is 13.5. The van der Waals surface area contributed by atoms with E-state index in [1.54, 1.807) is 19.2 Å². The zero-order valence-electron chi connectivity index (χ0n) is 26.8. The fourth-order valence-corrected chi connectivity index (χ4v) is 6.27. The molecule has 0 radical (unpaired) electrons. The molecule has 0 aromatic carbocycles. The van der Waals surface area contributed by atoms with Crippen LogP contribution in [-0.2, 0) is 4.79 Å². The second-order valence-corrected chi connectivity index (χ2v) is 12.3. The molecule has 250 valence electrons. The van der Waals surface area contributed by atoms with Crippen molar-refractivity contribution in [2.45, 2.75) is 109 Å². The molecular weight excluding hydrogens is 586 g/mol. The normalized spacial score (nSPS) is 21.7. The molecule has 3 fully saturated rings. The number of amides is 1. The molecule has 1 saturated heterocycles. The molecule has 4 N–H and O–H groups in total. The molecule has 5 rings (SSSR count). The minimum Gasteiger partial charge on any atom is -0.356 e. The van der Waals surface area contributed by atoms with Gasteiger partial charge in [-0.25, -0.2) is 18.8 Å². The third-order valence-electron chi connectivity index (χ3n) is 8.69. The number of hydrogen-bond donors (Lipinski definition) is 4. The van der Waals surface area contributed by atoms with Crippen molar-refractivity contribution in [3.05, 3.63) is 36.2 Å². The molecule has 2 aliphatic carbocycles. The summed E-state index contributed by atoms with van der Waals surface area (Å²) in [5.41, 5.74) is 2.52. The van der Waals surface area contributed by atoms with Gasteiger partial charge in [-0.1, -0.05) is 38.0 Å². The van der Waals surface area contributed by atoms with Crippen molar-refractivity contribution in [3.8, 4) is 0 Å². The van der Waals surface area contributed by atoms with E-state index in [4.69, 9.17) is 5.41 Å². The van der Waals surface area contributed by atoms with Crippen LogP contribution in [0, 0.1) is 17.2 Å². The lowest BCUT2D eigenvalue weighted by Crippen LogP contribution is -2.32. The van der Waals surface area contributed by atoms with Gasteiger partial charge in [0.15, 0.2) is 0 Å². The molecule has 45 heavy (non-hydrogen) atoms. The zero-order valence-corrected chi connectivity index (χ0v) is 26.8. The number of nitrogens with zero attached hydrogens (tertiary/aromatic N) is 3. The van der Waals surface area contributed by atoms with Crippen molar-refractivity contribution in [1.82, 2.24) is 20.6 Å². The number of alkyl halides is 4. The van der Waals surface area contributed by atoms with Gasteiger partial charge in [0, 0.05) is 38.6 Å². The maximum atomic E-state index is 13.5. The van der Waals surface area contributed by atoms with Crippen molar-refractivity contribution in [1.29, 1.82) is 5.41 Å². The lowest BCUT2D eigenvalue weighted by atomic mass is 9.81. The Hall–Kier alpha value is -3.15. The number of carbonyl (C=O) groups excluding carboxylic acids is 1. The molecule has 4 aliphatic rings. The van der Waals surface area contributed by atoms with Gasteiger partial charge in [0.2, 0.25) is 17.8 Å². The summed E-state index contributed by atoms with van der Waals surface area (Å²) in [6, 6.07) is -0.0308. The Labute approximate surface area is 264 Å². The van der Waals surface area contributed by atoms with E-state index in [2.05, 4.69) is 37.2 Å². The highest BCUT2D eigenvalue weighted by Crippen LogP contribution is 2.41. The van der Waals surface area contributed by atoms with E-state index in [0.29, 0.717) is 42.5 Å². The van der Waals surface area contributed by atoms with Crippen LogP contribution in [0.3, 0.4) is 0 Å². The Morgan fingerprint density at radius 3 is 2.36 bits per heavy atom. The van der Waals surface area contributed by atoms with Crippen LogP contribution in [0.2, 0.25) is 0 Å². The summed E-state index contributed by atoms with van der Waals surface area (Å²) in [6.07, 6.45) is 14.5. The van der Waals surface area contributed by atoms with Crippen molar-refractivity contribution >= 4 is 29.0 Å². The zero-order chi connectivity index (χ0) is 33.0. The first-order valence-electron chi connectivity index (χ1n) is 16.1. The first kappa shape index (κ1) is 36.3. The number of aliphatic imine (C=N–C) groups is 2. The standard InChI is InChI=1S/C20H31F2N5.C8H9F2N.C5H9NO/c1-13(23)17(14-6-4-3-5-7-14)27-19-25-12-16(26-19)18(24-2)15-8-10-20(21,22)11-9-15;1-3-6-4-5-11-7(6)8(2,9)10;7-5-3-1-2-4-6-5/h12,14-15,18,23-24H,3-11H2,1-2H3,(H,25,26);3-4H,1,5H2,2H3;1-4H2,(H,6,7)/b23-13?,27-17+;;. The van der Waals surface area contributed by atoms with Gasteiger partial charge in [-0.15, -0.1) is 0 Å². The summed E-state index contributed by atoms with van der Waals surface area (Å²) in [5.74, 6) is -4.13. The van der Waals surface area contributed by atoms with E-state index in [1.807, 2.05) is 7.05 Å². The molecule has 1 amide bonds. The van der Waals surface area contributed by atoms with Crippen molar-refractivity contribution in [3.63, 3.8) is 0 Å². The Balaban J connectivity index is 0.000000249. The summed E-state index contributed by atoms with van der Waals surface area (Å²) in [6.45, 7) is 7.29. The predicted molar refractivity (Wildman–Crippen MR) is 172 cm³/mol. The molecule has 3 heterocycles. The Morgan fingerprint density at radius 2 is 1.87 bits per heavy atom. The van der Waals surface area contributed by atoms with E-state index < -0.39 is 11.8 Å². The van der Waals surface area contributed by atoms with Gasteiger partial charge in [0.1, 0.15) is 5.71 Å². The van der Waals surface area contributed by atoms with Crippen LogP contribution in [0.15, 0.2) is 40.5 Å². The number of allylic oxidation sites excluding steroid dienone is 2. The summed E-state index contributed by atoms with van der Waals surface area (Å²) in [7, 11) is 1.86. The molecule has 1 atom stereocenters. The molecule has 0 spiro atoms. The monoisotopic (exact) mass is 635 g/mol. The fourth-order valence-electron chi connectivity index (χ4n) is 6.27. The number of aromatic nitrogens is 2. The average Bonchev–Trinajstić information content (AvgIpc) is 3.69. The minimum atomic E-state index is -2.84. The highest BCUT2D eigenvalue weighted by Gasteiger charge is 2.38. The molecule has 1 aromatic heterocycles. The first-order valence-corrected chi connectivity index (χ1v) is 16.1. The Kier molecular flexibility index (Phi) is 13.7. The third kappa shape index (κ3) is 11.3. The molecule has 12 heteroatoms. The molecular formula is C33H49F4N7O. The van der Waals surface area contributed by atoms with E-state index >= 15 is 0 Å². The first-order chi connectivity index (χ1) is 21.3. The van der Waals surface area contributed by atoms with Gasteiger partial charge >= 0.3 is 0 Å². The van der Waals surface area contributed by atoms with Crippen LogP contribution in [0.4, 0.5) is 23.5 Å². The number of piperidine rings is 1. The van der Waals surface area contributed by atoms with Crippen LogP contribution >= 0.6 is 0 Å². The van der Waals surface area contributed by atoms with Crippen molar-refractivity contribution in [2.75, 3.05) is 20.1 Å². The van der Waals surface area contributed by atoms with Gasteiger partial charge in [-0.05, 0) is 64.0 Å². The lowest BCUT2D eigenvalue weighted by Gasteiger charge is -2.33. The number of rotatable bonds is 8. The van der Waals surface area contributed by atoms with Crippen LogP contribution in [0.5, 0.6) is 0 Å². The highest BCUT2D eigenvalue weighted by atomic mass is 19.3. The average molecular weight is 636 g/mol. The fraction of sp³-hybridized carbons (Fsp3) is 0.667. The van der Waals surface area contributed by atoms with Gasteiger partial charge < -0.3 is 21.0 Å².